The Labute approximate surface area is 107 Å². The van der Waals surface area contributed by atoms with Gasteiger partial charge in [0.25, 0.3) is 0 Å². The first-order valence-corrected chi connectivity index (χ1v) is 6.29. The van der Waals surface area contributed by atoms with E-state index in [2.05, 4.69) is 23.8 Å². The Bertz CT molecular complexity index is 399. The Kier molecular flexibility index (Phi) is 3.43. The summed E-state index contributed by atoms with van der Waals surface area (Å²) in [5, 5.41) is 0.420. The number of rotatable bonds is 2. The Balaban J connectivity index is 2.00. The third kappa shape index (κ3) is 3.22. The summed E-state index contributed by atoms with van der Waals surface area (Å²) in [5.41, 5.74) is 5.94. The van der Waals surface area contributed by atoms with E-state index in [9.17, 15) is 0 Å². The predicted octanol–water partition coefficient (Wildman–Crippen LogP) is 3.06. The lowest BCUT2D eigenvalue weighted by atomic mass is 9.76. The van der Waals surface area contributed by atoms with Crippen LogP contribution in [0.3, 0.4) is 0 Å². The Hall–Kier alpha value is -1.03. The van der Waals surface area contributed by atoms with Gasteiger partial charge in [0.05, 0.1) is 6.20 Å². The van der Waals surface area contributed by atoms with Crippen molar-refractivity contribution >= 4 is 17.5 Å². The molecule has 2 N–H and O–H groups in total. The number of hydrogen-bond donors (Lipinski definition) is 1. The van der Waals surface area contributed by atoms with E-state index in [1.807, 2.05) is 0 Å². The lowest BCUT2D eigenvalue weighted by Gasteiger charge is -2.34. The van der Waals surface area contributed by atoms with Gasteiger partial charge in [0.1, 0.15) is 11.1 Å². The molecule has 1 heterocycles. The number of aromatic nitrogens is 2. The third-order valence-corrected chi connectivity index (χ3v) is 3.55. The van der Waals surface area contributed by atoms with Crippen molar-refractivity contribution in [1.82, 2.24) is 9.97 Å². The van der Waals surface area contributed by atoms with Crippen molar-refractivity contribution < 1.29 is 4.74 Å². The van der Waals surface area contributed by atoms with E-state index in [0.717, 1.165) is 25.7 Å². The molecule has 2 rings (SSSR count). The fraction of sp³-hybridized carbons (Fsp3) is 0.667. The molecular weight excluding hydrogens is 238 g/mol. The van der Waals surface area contributed by atoms with E-state index in [0.29, 0.717) is 16.3 Å². The van der Waals surface area contributed by atoms with Gasteiger partial charge in [-0.05, 0) is 31.1 Å². The minimum Gasteiger partial charge on any atom is -0.473 e. The Morgan fingerprint density at radius 1 is 1.41 bits per heavy atom. The Morgan fingerprint density at radius 2 is 2.06 bits per heavy atom. The normalized spacial score (nSPS) is 20.2. The topological polar surface area (TPSA) is 61.0 Å². The minimum atomic E-state index is 0.190. The van der Waals surface area contributed by atoms with Crippen LogP contribution in [0.4, 0.5) is 5.95 Å². The molecule has 0 atom stereocenters. The van der Waals surface area contributed by atoms with Crippen LogP contribution in [0.1, 0.15) is 39.5 Å². The van der Waals surface area contributed by atoms with E-state index in [4.69, 9.17) is 22.1 Å². The van der Waals surface area contributed by atoms with Gasteiger partial charge in [-0.2, -0.15) is 4.98 Å². The summed E-state index contributed by atoms with van der Waals surface area (Å²) < 4.78 is 5.80. The zero-order valence-corrected chi connectivity index (χ0v) is 11.0. The van der Waals surface area contributed by atoms with Crippen LogP contribution < -0.4 is 10.5 Å². The molecule has 0 aliphatic heterocycles. The van der Waals surface area contributed by atoms with Crippen LogP contribution in [0.15, 0.2) is 6.20 Å². The number of nitrogens with two attached hydrogens (primary N) is 1. The minimum absolute atomic E-state index is 0.190. The molecule has 1 saturated carbocycles. The van der Waals surface area contributed by atoms with E-state index < -0.39 is 0 Å². The molecule has 0 spiro atoms. The van der Waals surface area contributed by atoms with Crippen molar-refractivity contribution in [3.05, 3.63) is 11.2 Å². The molecule has 1 aliphatic carbocycles. The molecule has 5 heteroatoms. The highest BCUT2D eigenvalue weighted by Gasteiger charge is 2.28. The summed E-state index contributed by atoms with van der Waals surface area (Å²) in [6.07, 6.45) is 6.06. The first kappa shape index (κ1) is 12.4. The van der Waals surface area contributed by atoms with Crippen LogP contribution in [0.25, 0.3) is 0 Å². The number of nitrogen functional groups attached to an aromatic ring is 1. The monoisotopic (exact) mass is 255 g/mol. The van der Waals surface area contributed by atoms with Gasteiger partial charge in [-0.15, -0.1) is 0 Å². The molecule has 1 aliphatic rings. The molecule has 1 aromatic heterocycles. The quantitative estimate of drug-likeness (QED) is 0.882. The summed E-state index contributed by atoms with van der Waals surface area (Å²) in [7, 11) is 0. The first-order valence-electron chi connectivity index (χ1n) is 5.91. The van der Waals surface area contributed by atoms with Gasteiger partial charge in [0, 0.05) is 0 Å². The largest absolute Gasteiger partial charge is 0.473 e. The fourth-order valence-electron chi connectivity index (χ4n) is 2.10. The van der Waals surface area contributed by atoms with Gasteiger partial charge in [0.2, 0.25) is 11.8 Å². The summed E-state index contributed by atoms with van der Waals surface area (Å²) in [4.78, 5) is 7.83. The van der Waals surface area contributed by atoms with E-state index in [1.165, 1.54) is 6.20 Å². The van der Waals surface area contributed by atoms with Crippen molar-refractivity contribution in [2.45, 2.75) is 45.6 Å². The number of anilines is 1. The molecular formula is C12H18ClN3O. The van der Waals surface area contributed by atoms with Crippen molar-refractivity contribution in [1.29, 1.82) is 0 Å². The molecule has 0 bridgehead atoms. The fourth-order valence-corrected chi connectivity index (χ4v) is 2.23. The molecule has 1 aromatic rings. The molecule has 17 heavy (non-hydrogen) atoms. The zero-order valence-electron chi connectivity index (χ0n) is 10.2. The van der Waals surface area contributed by atoms with E-state index in [-0.39, 0.29) is 12.1 Å². The highest BCUT2D eigenvalue weighted by molar-refractivity contribution is 6.31. The van der Waals surface area contributed by atoms with Crippen LogP contribution in [-0.4, -0.2) is 16.1 Å². The summed E-state index contributed by atoms with van der Waals surface area (Å²) in [6, 6.07) is 0. The summed E-state index contributed by atoms with van der Waals surface area (Å²) in [5.74, 6) is 0.601. The number of hydrogen-bond acceptors (Lipinski definition) is 4. The Morgan fingerprint density at radius 3 is 2.71 bits per heavy atom. The smallest absolute Gasteiger partial charge is 0.237 e. The van der Waals surface area contributed by atoms with Gasteiger partial charge < -0.3 is 10.5 Å². The van der Waals surface area contributed by atoms with Gasteiger partial charge >= 0.3 is 0 Å². The van der Waals surface area contributed by atoms with Crippen molar-refractivity contribution in [3.63, 3.8) is 0 Å². The van der Waals surface area contributed by atoms with Gasteiger partial charge in [0.15, 0.2) is 0 Å². The second kappa shape index (κ2) is 4.69. The number of halogens is 1. The van der Waals surface area contributed by atoms with E-state index in [1.54, 1.807) is 0 Å². The maximum absolute atomic E-state index is 5.97. The average molecular weight is 256 g/mol. The van der Waals surface area contributed by atoms with Crippen molar-refractivity contribution in [2.24, 2.45) is 5.41 Å². The lowest BCUT2D eigenvalue weighted by molar-refractivity contribution is 0.0950. The molecule has 0 radical (unpaired) electrons. The maximum atomic E-state index is 5.97. The third-order valence-electron chi connectivity index (χ3n) is 3.30. The second-order valence-electron chi connectivity index (χ2n) is 5.36. The van der Waals surface area contributed by atoms with E-state index >= 15 is 0 Å². The standard InChI is InChI=1S/C12H18ClN3O/c1-12(2)5-3-8(4-6-12)17-10-9(13)7-15-11(14)16-10/h7-8H,3-6H2,1-2H3,(H2,14,15,16). The molecule has 94 valence electrons. The number of nitrogens with zero attached hydrogens (tertiary/aromatic N) is 2. The van der Waals surface area contributed by atoms with Crippen LogP contribution in [-0.2, 0) is 0 Å². The van der Waals surface area contributed by atoms with Crippen LogP contribution in [0.2, 0.25) is 5.02 Å². The van der Waals surface area contributed by atoms with Gasteiger partial charge in [-0.25, -0.2) is 4.98 Å². The molecule has 1 fully saturated rings. The van der Waals surface area contributed by atoms with Crippen molar-refractivity contribution in [2.75, 3.05) is 5.73 Å². The van der Waals surface area contributed by atoms with Crippen LogP contribution in [0, 0.1) is 5.41 Å². The highest BCUT2D eigenvalue weighted by Crippen LogP contribution is 2.37. The first-order chi connectivity index (χ1) is 7.96. The molecule has 4 nitrogen and oxygen atoms in total. The zero-order chi connectivity index (χ0) is 12.5. The maximum Gasteiger partial charge on any atom is 0.237 e. The SMILES string of the molecule is CC1(C)CCC(Oc2nc(N)ncc2Cl)CC1. The van der Waals surface area contributed by atoms with Gasteiger partial charge in [-0.1, -0.05) is 25.4 Å². The lowest BCUT2D eigenvalue weighted by Crippen LogP contribution is -2.28. The molecule has 0 amide bonds. The molecule has 0 aromatic carbocycles. The average Bonchev–Trinajstić information content (AvgIpc) is 2.26. The van der Waals surface area contributed by atoms with Crippen LogP contribution in [0.5, 0.6) is 5.88 Å². The number of ether oxygens (including phenoxy) is 1. The van der Waals surface area contributed by atoms with Crippen LogP contribution >= 0.6 is 11.6 Å². The molecule has 0 saturated heterocycles. The second-order valence-corrected chi connectivity index (χ2v) is 5.77. The predicted molar refractivity (Wildman–Crippen MR) is 68.1 cm³/mol. The highest BCUT2D eigenvalue weighted by atomic mass is 35.5. The van der Waals surface area contributed by atoms with Crippen molar-refractivity contribution in [3.8, 4) is 5.88 Å². The summed E-state index contributed by atoms with van der Waals surface area (Å²) >= 11 is 5.97. The summed E-state index contributed by atoms with van der Waals surface area (Å²) in [6.45, 7) is 4.58. The van der Waals surface area contributed by atoms with Gasteiger partial charge in [-0.3, -0.25) is 0 Å². The molecule has 0 unspecified atom stereocenters.